The van der Waals surface area contributed by atoms with Crippen molar-refractivity contribution < 1.29 is 13.2 Å². The van der Waals surface area contributed by atoms with Gasteiger partial charge in [0, 0.05) is 37.8 Å². The molecule has 180 valence electrons. The quantitative estimate of drug-likeness (QED) is 0.574. The molecule has 1 aliphatic rings. The van der Waals surface area contributed by atoms with E-state index in [0.29, 0.717) is 42.9 Å². The average Bonchev–Trinajstić information content (AvgIpc) is 2.82. The summed E-state index contributed by atoms with van der Waals surface area (Å²) in [4.78, 5) is 36.9. The molecule has 10 heteroatoms. The van der Waals surface area contributed by atoms with Crippen molar-refractivity contribution in [2.24, 2.45) is 0 Å². The van der Waals surface area contributed by atoms with Crippen molar-refractivity contribution in [3.8, 4) is 0 Å². The lowest BCUT2D eigenvalue weighted by molar-refractivity contribution is 0.0684. The Balaban J connectivity index is 1.61. The van der Waals surface area contributed by atoms with Crippen LogP contribution in [0.25, 0.3) is 10.9 Å². The number of fused-ring (bicyclic) bond motifs is 1. The Kier molecular flexibility index (Phi) is 6.83. The summed E-state index contributed by atoms with van der Waals surface area (Å²) in [5.74, 6) is 0.0354. The number of amides is 1. The third-order valence-electron chi connectivity index (χ3n) is 6.05. The zero-order valence-corrected chi connectivity index (χ0v) is 20.4. The highest BCUT2D eigenvalue weighted by Crippen LogP contribution is 2.21. The first-order chi connectivity index (χ1) is 16.2. The topological polar surface area (TPSA) is 107 Å². The predicted octanol–water partition coefficient (Wildman–Crippen LogP) is 1.91. The van der Waals surface area contributed by atoms with Crippen LogP contribution in [0.4, 0.5) is 0 Å². The number of rotatable bonds is 6. The van der Waals surface area contributed by atoms with Gasteiger partial charge in [-0.3, -0.25) is 9.59 Å². The highest BCUT2D eigenvalue weighted by Gasteiger charge is 2.29. The molecule has 0 saturated carbocycles. The van der Waals surface area contributed by atoms with Crippen LogP contribution in [0.3, 0.4) is 0 Å². The van der Waals surface area contributed by atoms with Crippen molar-refractivity contribution >= 4 is 26.8 Å². The molecule has 0 radical (unpaired) electrons. The first-order valence-electron chi connectivity index (χ1n) is 11.2. The van der Waals surface area contributed by atoms with Crippen molar-refractivity contribution in [1.29, 1.82) is 0 Å². The lowest BCUT2D eigenvalue weighted by atomic mass is 10.1. The number of benzene rings is 2. The molecule has 1 fully saturated rings. The Hall–Kier alpha value is -3.08. The molecule has 1 N–H and O–H groups in total. The summed E-state index contributed by atoms with van der Waals surface area (Å²) < 4.78 is 27.8. The average molecular weight is 484 g/mol. The fourth-order valence-electron chi connectivity index (χ4n) is 3.99. The third kappa shape index (κ3) is 4.89. The number of para-hydroxylation sites is 1. The Morgan fingerprint density at radius 3 is 2.50 bits per heavy atom. The lowest BCUT2D eigenvalue weighted by Crippen LogP contribution is -2.47. The van der Waals surface area contributed by atoms with Gasteiger partial charge in [0.1, 0.15) is 5.82 Å². The maximum absolute atomic E-state index is 13.4. The van der Waals surface area contributed by atoms with Gasteiger partial charge in [-0.15, -0.1) is 0 Å². The van der Waals surface area contributed by atoms with Gasteiger partial charge in [-0.2, -0.15) is 4.31 Å². The Morgan fingerprint density at radius 2 is 1.79 bits per heavy atom. The minimum Gasteiger partial charge on any atom is -0.329 e. The molecule has 1 aliphatic heterocycles. The molecular formula is C24H29N5O4S. The number of carbonyl (C=O) groups is 1. The van der Waals surface area contributed by atoms with E-state index in [1.165, 1.54) is 16.4 Å². The number of aromatic nitrogens is 2. The van der Waals surface area contributed by atoms with Crippen LogP contribution in [-0.4, -0.2) is 77.7 Å². The number of nitrogens with zero attached hydrogens (tertiary/aromatic N) is 4. The van der Waals surface area contributed by atoms with E-state index in [2.05, 4.69) is 14.9 Å². The summed E-state index contributed by atoms with van der Waals surface area (Å²) >= 11 is 0. The van der Waals surface area contributed by atoms with Crippen LogP contribution in [0.1, 0.15) is 30.0 Å². The van der Waals surface area contributed by atoms with Crippen LogP contribution < -0.4 is 5.56 Å². The molecule has 1 aromatic heterocycles. The first kappa shape index (κ1) is 24.1. The molecular weight excluding hydrogens is 454 g/mol. The van der Waals surface area contributed by atoms with Crippen molar-refractivity contribution in [1.82, 2.24) is 24.1 Å². The number of sulfonamides is 1. The zero-order chi connectivity index (χ0) is 24.5. The van der Waals surface area contributed by atoms with Crippen LogP contribution in [0.5, 0.6) is 0 Å². The molecule has 2 aromatic carbocycles. The molecule has 1 amide bonds. The predicted molar refractivity (Wildman–Crippen MR) is 130 cm³/mol. The van der Waals surface area contributed by atoms with Gasteiger partial charge in [-0.1, -0.05) is 18.2 Å². The number of H-pyrrole nitrogens is 1. The van der Waals surface area contributed by atoms with Gasteiger partial charge in [-0.25, -0.2) is 13.4 Å². The molecule has 1 saturated heterocycles. The maximum atomic E-state index is 13.4. The molecule has 2 heterocycles. The van der Waals surface area contributed by atoms with Gasteiger partial charge in [0.25, 0.3) is 11.5 Å². The van der Waals surface area contributed by atoms with E-state index in [1.807, 2.05) is 20.9 Å². The molecule has 34 heavy (non-hydrogen) atoms. The molecule has 0 spiro atoms. The van der Waals surface area contributed by atoms with Gasteiger partial charge in [0.05, 0.1) is 22.3 Å². The van der Waals surface area contributed by atoms with Crippen LogP contribution in [0.2, 0.25) is 0 Å². The van der Waals surface area contributed by atoms with Crippen molar-refractivity contribution in [2.45, 2.75) is 31.3 Å². The number of aromatic amines is 1. The fourth-order valence-corrected chi connectivity index (χ4v) is 5.46. The summed E-state index contributed by atoms with van der Waals surface area (Å²) in [5.41, 5.74) is 0.557. The summed E-state index contributed by atoms with van der Waals surface area (Å²) in [6, 6.07) is 13.0. The second kappa shape index (κ2) is 9.65. The molecule has 0 unspecified atom stereocenters. The van der Waals surface area contributed by atoms with E-state index in [1.54, 1.807) is 41.3 Å². The van der Waals surface area contributed by atoms with E-state index in [4.69, 9.17) is 0 Å². The molecule has 9 nitrogen and oxygen atoms in total. The van der Waals surface area contributed by atoms with Gasteiger partial charge in [0.15, 0.2) is 0 Å². The largest absolute Gasteiger partial charge is 0.329 e. The second-order valence-corrected chi connectivity index (χ2v) is 10.7. The second-order valence-electron chi connectivity index (χ2n) is 8.79. The van der Waals surface area contributed by atoms with Crippen LogP contribution >= 0.6 is 0 Å². The maximum Gasteiger partial charge on any atom is 0.258 e. The van der Waals surface area contributed by atoms with E-state index in [-0.39, 0.29) is 34.5 Å². The first-order valence-corrected chi connectivity index (χ1v) is 12.7. The van der Waals surface area contributed by atoms with E-state index in [9.17, 15) is 18.0 Å². The van der Waals surface area contributed by atoms with Gasteiger partial charge >= 0.3 is 0 Å². The monoisotopic (exact) mass is 483 g/mol. The van der Waals surface area contributed by atoms with Crippen LogP contribution in [-0.2, 0) is 16.6 Å². The van der Waals surface area contributed by atoms with Crippen molar-refractivity contribution in [2.75, 3.05) is 33.2 Å². The summed E-state index contributed by atoms with van der Waals surface area (Å²) in [5, 5.41) is 0.482. The lowest BCUT2D eigenvalue weighted by Gasteiger charge is -2.31. The Bertz CT molecular complexity index is 1360. The normalized spacial score (nSPS) is 15.6. The van der Waals surface area contributed by atoms with Crippen molar-refractivity contribution in [3.05, 3.63) is 70.3 Å². The highest BCUT2D eigenvalue weighted by molar-refractivity contribution is 7.89. The molecule has 0 atom stereocenters. The number of nitrogens with one attached hydrogen (secondary N) is 1. The SMILES string of the molecule is CC(C)N(Cc1nc2ccccc2c(=O)[nH]1)C(=O)c1cccc(S(=O)(=O)N2CCN(C)CC2)c1. The van der Waals surface area contributed by atoms with E-state index in [0.717, 1.165) is 0 Å². The van der Waals surface area contributed by atoms with Crippen molar-refractivity contribution in [3.63, 3.8) is 0 Å². The minimum absolute atomic E-state index is 0.0893. The Morgan fingerprint density at radius 1 is 1.09 bits per heavy atom. The fraction of sp³-hybridized carbons (Fsp3) is 0.375. The number of hydrogen-bond donors (Lipinski definition) is 1. The van der Waals surface area contributed by atoms with Crippen LogP contribution in [0.15, 0.2) is 58.2 Å². The number of hydrogen-bond acceptors (Lipinski definition) is 6. The van der Waals surface area contributed by atoms with E-state index >= 15 is 0 Å². The summed E-state index contributed by atoms with van der Waals surface area (Å²) in [7, 11) is -1.74. The van der Waals surface area contributed by atoms with E-state index < -0.39 is 10.0 Å². The number of carbonyl (C=O) groups excluding carboxylic acids is 1. The van der Waals surface area contributed by atoms with Gasteiger partial charge in [0.2, 0.25) is 10.0 Å². The number of likely N-dealkylation sites (N-methyl/N-ethyl adjacent to an activating group) is 1. The minimum atomic E-state index is -3.70. The smallest absolute Gasteiger partial charge is 0.258 e. The summed E-state index contributed by atoms with van der Waals surface area (Å²) in [6.45, 7) is 5.97. The number of piperazine rings is 1. The highest BCUT2D eigenvalue weighted by atomic mass is 32.2. The molecule has 4 rings (SSSR count). The standard InChI is InChI=1S/C24H29N5O4S/c1-17(2)29(16-22-25-21-10-5-4-9-20(21)23(30)26-22)24(31)18-7-6-8-19(15-18)34(32,33)28-13-11-27(3)12-14-28/h4-10,15,17H,11-14,16H2,1-3H3,(H,25,26,30). The van der Waals surface area contributed by atoms with Crippen LogP contribution in [0, 0.1) is 0 Å². The zero-order valence-electron chi connectivity index (χ0n) is 19.6. The molecule has 3 aromatic rings. The molecule has 0 aliphatic carbocycles. The Labute approximate surface area is 199 Å². The van der Waals surface area contributed by atoms with Gasteiger partial charge < -0.3 is 14.8 Å². The third-order valence-corrected chi connectivity index (χ3v) is 7.94. The molecule has 0 bridgehead atoms. The van der Waals surface area contributed by atoms with Gasteiger partial charge in [-0.05, 0) is 51.2 Å². The summed E-state index contributed by atoms with van der Waals surface area (Å²) in [6.07, 6.45) is 0.